The van der Waals surface area contributed by atoms with E-state index >= 15 is 0 Å². The number of sulfonamides is 1. The molecule has 10 heteroatoms. The molecule has 1 aliphatic rings. The molecule has 1 atom stereocenters. The summed E-state index contributed by atoms with van der Waals surface area (Å²) in [6.45, 7) is 1.46. The van der Waals surface area contributed by atoms with Crippen molar-refractivity contribution < 1.29 is 18.0 Å². The van der Waals surface area contributed by atoms with Crippen LogP contribution in [0.5, 0.6) is 0 Å². The van der Waals surface area contributed by atoms with Gasteiger partial charge in [0.15, 0.2) is 0 Å². The number of nitrogens with one attached hydrogen (secondary N) is 1. The lowest BCUT2D eigenvalue weighted by molar-refractivity contribution is -0.140. The highest BCUT2D eigenvalue weighted by molar-refractivity contribution is 9.10. The van der Waals surface area contributed by atoms with Gasteiger partial charge in [-0.2, -0.15) is 4.31 Å². The molecule has 0 saturated heterocycles. The van der Waals surface area contributed by atoms with Gasteiger partial charge in [-0.3, -0.25) is 9.59 Å². The van der Waals surface area contributed by atoms with E-state index in [0.717, 1.165) is 40.0 Å². The number of amides is 2. The molecule has 1 aliphatic carbocycles. The third kappa shape index (κ3) is 6.81. The van der Waals surface area contributed by atoms with Gasteiger partial charge in [-0.25, -0.2) is 8.42 Å². The van der Waals surface area contributed by atoms with Crippen LogP contribution in [0.2, 0.25) is 5.02 Å². The summed E-state index contributed by atoms with van der Waals surface area (Å²) in [5.41, 5.74) is 0.834. The Balaban J connectivity index is 1.78. The zero-order valence-corrected chi connectivity index (χ0v) is 22.4. The van der Waals surface area contributed by atoms with Crippen LogP contribution in [0.4, 0.5) is 0 Å². The third-order valence-electron chi connectivity index (χ3n) is 6.01. The van der Waals surface area contributed by atoms with E-state index in [1.165, 1.54) is 36.2 Å². The van der Waals surface area contributed by atoms with E-state index in [1.54, 1.807) is 6.92 Å². The summed E-state index contributed by atoms with van der Waals surface area (Å²) < 4.78 is 27.8. The monoisotopic (exact) mass is 569 g/mol. The number of benzene rings is 2. The average molecular weight is 571 g/mol. The van der Waals surface area contributed by atoms with Crippen LogP contribution in [0.1, 0.15) is 38.2 Å². The van der Waals surface area contributed by atoms with Crippen LogP contribution in [0.3, 0.4) is 0 Å². The van der Waals surface area contributed by atoms with Crippen molar-refractivity contribution in [1.29, 1.82) is 0 Å². The Morgan fingerprint density at radius 3 is 2.26 bits per heavy atom. The summed E-state index contributed by atoms with van der Waals surface area (Å²) in [5.74, 6) is -0.697. The van der Waals surface area contributed by atoms with Crippen molar-refractivity contribution in [3.05, 3.63) is 63.6 Å². The maximum Gasteiger partial charge on any atom is 0.243 e. The second kappa shape index (κ2) is 11.7. The third-order valence-corrected chi connectivity index (χ3v) is 8.61. The van der Waals surface area contributed by atoms with Gasteiger partial charge >= 0.3 is 0 Å². The van der Waals surface area contributed by atoms with Crippen LogP contribution in [0.25, 0.3) is 0 Å². The van der Waals surface area contributed by atoms with Gasteiger partial charge in [-0.1, -0.05) is 52.5 Å². The number of carbonyl (C=O) groups is 2. The number of nitrogens with zero attached hydrogens (tertiary/aromatic N) is 2. The lowest BCUT2D eigenvalue weighted by Crippen LogP contribution is -2.52. The highest BCUT2D eigenvalue weighted by Crippen LogP contribution is 2.20. The molecule has 2 amide bonds. The van der Waals surface area contributed by atoms with Gasteiger partial charge in [-0.05, 0) is 61.7 Å². The van der Waals surface area contributed by atoms with Crippen molar-refractivity contribution in [2.24, 2.45) is 0 Å². The molecular formula is C24H29BrClN3O4S. The van der Waals surface area contributed by atoms with Gasteiger partial charge in [0.05, 0.1) is 11.4 Å². The van der Waals surface area contributed by atoms with E-state index in [-0.39, 0.29) is 23.4 Å². The predicted octanol–water partition coefficient (Wildman–Crippen LogP) is 4.20. The minimum atomic E-state index is -3.91. The van der Waals surface area contributed by atoms with Crippen molar-refractivity contribution in [3.63, 3.8) is 0 Å². The van der Waals surface area contributed by atoms with E-state index in [2.05, 4.69) is 21.2 Å². The predicted molar refractivity (Wildman–Crippen MR) is 136 cm³/mol. The summed E-state index contributed by atoms with van der Waals surface area (Å²) >= 11 is 9.27. The highest BCUT2D eigenvalue weighted by atomic mass is 79.9. The number of rotatable bonds is 9. The number of hydrogen-bond donors (Lipinski definition) is 1. The molecule has 1 saturated carbocycles. The second-order valence-electron chi connectivity index (χ2n) is 8.53. The van der Waals surface area contributed by atoms with Crippen LogP contribution in [-0.4, -0.2) is 55.1 Å². The minimum Gasteiger partial charge on any atom is -0.352 e. The maximum absolute atomic E-state index is 13.3. The van der Waals surface area contributed by atoms with Gasteiger partial charge in [0.2, 0.25) is 21.8 Å². The summed E-state index contributed by atoms with van der Waals surface area (Å²) in [6.07, 6.45) is 4.02. The maximum atomic E-state index is 13.3. The Bertz CT molecular complexity index is 1100. The summed E-state index contributed by atoms with van der Waals surface area (Å²) in [6, 6.07) is 12.6. The van der Waals surface area contributed by atoms with E-state index in [9.17, 15) is 18.0 Å². The lowest BCUT2D eigenvalue weighted by atomic mass is 10.1. The molecule has 34 heavy (non-hydrogen) atoms. The number of carbonyl (C=O) groups excluding carboxylic acids is 2. The highest BCUT2D eigenvalue weighted by Gasteiger charge is 2.31. The largest absolute Gasteiger partial charge is 0.352 e. The topological polar surface area (TPSA) is 86.8 Å². The molecule has 1 fully saturated rings. The molecule has 1 unspecified atom stereocenters. The van der Waals surface area contributed by atoms with Crippen LogP contribution in [0.15, 0.2) is 57.9 Å². The van der Waals surface area contributed by atoms with Crippen molar-refractivity contribution in [2.75, 3.05) is 13.6 Å². The van der Waals surface area contributed by atoms with Gasteiger partial charge in [-0.15, -0.1) is 0 Å². The Hall–Kier alpha value is -1.94. The summed E-state index contributed by atoms with van der Waals surface area (Å²) in [5, 5.41) is 3.46. The molecule has 3 rings (SSSR count). The lowest BCUT2D eigenvalue weighted by Gasteiger charge is -2.31. The van der Waals surface area contributed by atoms with Gasteiger partial charge < -0.3 is 10.2 Å². The molecule has 1 N–H and O–H groups in total. The molecule has 2 aromatic rings. The van der Waals surface area contributed by atoms with E-state index in [1.807, 2.05) is 24.3 Å². The Morgan fingerprint density at radius 1 is 1.09 bits per heavy atom. The summed E-state index contributed by atoms with van der Waals surface area (Å²) in [4.78, 5) is 27.8. The number of hydrogen-bond acceptors (Lipinski definition) is 4. The van der Waals surface area contributed by atoms with Crippen LogP contribution < -0.4 is 5.32 Å². The zero-order valence-electron chi connectivity index (χ0n) is 19.2. The zero-order chi connectivity index (χ0) is 24.9. The van der Waals surface area contributed by atoms with Gasteiger partial charge in [0.25, 0.3) is 0 Å². The fourth-order valence-corrected chi connectivity index (χ4v) is 5.42. The minimum absolute atomic E-state index is 0.0404. The molecule has 184 valence electrons. The van der Waals surface area contributed by atoms with Crippen LogP contribution in [0, 0.1) is 0 Å². The first-order valence-electron chi connectivity index (χ1n) is 11.1. The van der Waals surface area contributed by atoms with Crippen molar-refractivity contribution in [2.45, 2.75) is 56.1 Å². The fraction of sp³-hybridized carbons (Fsp3) is 0.417. The van der Waals surface area contributed by atoms with Crippen molar-refractivity contribution >= 4 is 49.4 Å². The van der Waals surface area contributed by atoms with E-state index in [0.29, 0.717) is 5.02 Å². The first kappa shape index (κ1) is 26.7. The number of likely N-dealkylation sites (N-methyl/N-ethyl adjacent to an activating group) is 1. The molecule has 0 aliphatic heterocycles. The molecule has 7 nitrogen and oxygen atoms in total. The summed E-state index contributed by atoms with van der Waals surface area (Å²) in [7, 11) is -2.56. The SMILES string of the molecule is CC(C(=O)NC1CCCC1)N(Cc1ccc(Br)cc1)C(=O)CN(C)S(=O)(=O)c1ccc(Cl)cc1. The van der Waals surface area contributed by atoms with Crippen LogP contribution >= 0.6 is 27.5 Å². The average Bonchev–Trinajstić information content (AvgIpc) is 3.31. The first-order valence-corrected chi connectivity index (χ1v) is 13.7. The Labute approximate surface area is 214 Å². The Morgan fingerprint density at radius 2 is 1.68 bits per heavy atom. The molecule has 0 aromatic heterocycles. The molecule has 0 radical (unpaired) electrons. The second-order valence-corrected chi connectivity index (χ2v) is 11.9. The molecular weight excluding hydrogens is 542 g/mol. The van der Waals surface area contributed by atoms with Crippen LogP contribution in [-0.2, 0) is 26.2 Å². The van der Waals surface area contributed by atoms with E-state index < -0.39 is 28.5 Å². The number of halogens is 2. The fourth-order valence-electron chi connectivity index (χ4n) is 3.91. The Kier molecular flexibility index (Phi) is 9.14. The van der Waals surface area contributed by atoms with Crippen molar-refractivity contribution in [1.82, 2.24) is 14.5 Å². The first-order chi connectivity index (χ1) is 16.1. The molecule has 0 heterocycles. The quantitative estimate of drug-likeness (QED) is 0.490. The standard InChI is InChI=1S/C24H29BrClN3O4S/c1-17(24(31)27-21-5-3-4-6-21)29(15-18-7-9-19(25)10-8-18)23(30)16-28(2)34(32,33)22-13-11-20(26)12-14-22/h7-14,17,21H,3-6,15-16H2,1-2H3,(H,27,31). The van der Waals surface area contributed by atoms with E-state index in [4.69, 9.17) is 11.6 Å². The van der Waals surface area contributed by atoms with Gasteiger partial charge in [0.1, 0.15) is 6.04 Å². The normalized spacial score (nSPS) is 15.3. The molecule has 2 aromatic carbocycles. The molecule has 0 spiro atoms. The van der Waals surface area contributed by atoms with Crippen molar-refractivity contribution in [3.8, 4) is 0 Å². The smallest absolute Gasteiger partial charge is 0.243 e. The molecule has 0 bridgehead atoms. The van der Waals surface area contributed by atoms with Gasteiger partial charge in [0, 0.05) is 29.1 Å².